The summed E-state index contributed by atoms with van der Waals surface area (Å²) in [5.74, 6) is 0.156. The number of H-pyrrole nitrogens is 2. The highest BCUT2D eigenvalue weighted by atomic mass is 16.2. The van der Waals surface area contributed by atoms with Gasteiger partial charge in [0.2, 0.25) is 11.8 Å². The average Bonchev–Trinajstić information content (AvgIpc) is 3.05. The van der Waals surface area contributed by atoms with Crippen molar-refractivity contribution in [2.45, 2.75) is 32.4 Å². The number of nitrogens with one attached hydrogen (secondary N) is 4. The van der Waals surface area contributed by atoms with E-state index in [1.165, 1.54) is 5.56 Å². The summed E-state index contributed by atoms with van der Waals surface area (Å²) in [6, 6.07) is 7.56. The molecule has 27 heavy (non-hydrogen) atoms. The Hall–Kier alpha value is -2.94. The second-order valence-electron chi connectivity index (χ2n) is 6.63. The highest BCUT2D eigenvalue weighted by molar-refractivity contribution is 5.88. The first kappa shape index (κ1) is 18.8. The van der Waals surface area contributed by atoms with E-state index in [1.54, 1.807) is 0 Å². The molecule has 1 fully saturated rings. The van der Waals surface area contributed by atoms with Crippen LogP contribution in [-0.4, -0.2) is 57.6 Å². The van der Waals surface area contributed by atoms with Gasteiger partial charge >= 0.3 is 5.69 Å². The third-order valence-electron chi connectivity index (χ3n) is 4.69. The standard InChI is InChI=1S/C18H24N6O3/c1-12-4-2-3-5-13(12)11-24-9-8-20-17(26)14(24)10-16(25)19-7-6-15-21-18(27)23-22-15/h2-5,14H,6-11H2,1H3,(H,19,25)(H,20,26)(H2,21,22,23,27)/t14-/m0/s1. The van der Waals surface area contributed by atoms with Gasteiger partial charge in [-0.25, -0.2) is 9.89 Å². The van der Waals surface area contributed by atoms with Crippen molar-refractivity contribution in [1.29, 1.82) is 0 Å². The summed E-state index contributed by atoms with van der Waals surface area (Å²) in [5.41, 5.74) is 1.95. The third kappa shape index (κ3) is 5.04. The van der Waals surface area contributed by atoms with Crippen molar-refractivity contribution in [3.63, 3.8) is 0 Å². The minimum absolute atomic E-state index is 0.0921. The van der Waals surface area contributed by atoms with Crippen molar-refractivity contribution in [3.05, 3.63) is 51.7 Å². The minimum Gasteiger partial charge on any atom is -0.356 e. The molecule has 0 spiro atoms. The lowest BCUT2D eigenvalue weighted by atomic mass is 10.0. The molecule has 1 aromatic heterocycles. The van der Waals surface area contributed by atoms with E-state index >= 15 is 0 Å². The van der Waals surface area contributed by atoms with E-state index in [1.807, 2.05) is 36.1 Å². The van der Waals surface area contributed by atoms with Gasteiger partial charge in [0.05, 0.1) is 12.5 Å². The van der Waals surface area contributed by atoms with Crippen molar-refractivity contribution in [2.24, 2.45) is 0 Å². The van der Waals surface area contributed by atoms with Crippen LogP contribution in [0.15, 0.2) is 29.1 Å². The third-order valence-corrected chi connectivity index (χ3v) is 4.69. The number of piperazine rings is 1. The normalized spacial score (nSPS) is 17.5. The minimum atomic E-state index is -0.497. The molecule has 2 amide bonds. The summed E-state index contributed by atoms with van der Waals surface area (Å²) in [5, 5.41) is 11.7. The van der Waals surface area contributed by atoms with E-state index in [2.05, 4.69) is 25.8 Å². The topological polar surface area (TPSA) is 123 Å². The number of amides is 2. The number of rotatable bonds is 7. The number of carbonyl (C=O) groups is 2. The SMILES string of the molecule is Cc1ccccc1CN1CCNC(=O)[C@@H]1CC(=O)NCCc1n[nH]c(=O)[nH]1. The van der Waals surface area contributed by atoms with Crippen LogP contribution >= 0.6 is 0 Å². The number of nitrogens with zero attached hydrogens (tertiary/aromatic N) is 2. The molecule has 1 aromatic carbocycles. The van der Waals surface area contributed by atoms with Crippen molar-refractivity contribution >= 4 is 11.8 Å². The highest BCUT2D eigenvalue weighted by Crippen LogP contribution is 2.16. The van der Waals surface area contributed by atoms with E-state index in [-0.39, 0.29) is 23.9 Å². The molecule has 0 aliphatic carbocycles. The maximum atomic E-state index is 12.3. The number of benzene rings is 1. The van der Waals surface area contributed by atoms with Crippen molar-refractivity contribution in [3.8, 4) is 0 Å². The lowest BCUT2D eigenvalue weighted by Gasteiger charge is -2.35. The fourth-order valence-electron chi connectivity index (χ4n) is 3.17. The first-order valence-corrected chi connectivity index (χ1v) is 8.99. The first-order chi connectivity index (χ1) is 13.0. The number of carbonyl (C=O) groups excluding carboxylic acids is 2. The van der Waals surface area contributed by atoms with Crippen LogP contribution in [-0.2, 0) is 22.6 Å². The van der Waals surface area contributed by atoms with Crippen LogP contribution in [0.3, 0.4) is 0 Å². The summed E-state index contributed by atoms with van der Waals surface area (Å²) in [7, 11) is 0. The number of aromatic nitrogens is 3. The number of hydrogen-bond acceptors (Lipinski definition) is 5. The first-order valence-electron chi connectivity index (χ1n) is 8.99. The highest BCUT2D eigenvalue weighted by Gasteiger charge is 2.31. The molecule has 4 N–H and O–H groups in total. The molecule has 1 aliphatic heterocycles. The molecule has 1 saturated heterocycles. The average molecular weight is 372 g/mol. The zero-order valence-electron chi connectivity index (χ0n) is 15.2. The quantitative estimate of drug-likeness (QED) is 0.520. The maximum absolute atomic E-state index is 12.3. The lowest BCUT2D eigenvalue weighted by molar-refractivity contribution is -0.134. The summed E-state index contributed by atoms with van der Waals surface area (Å²) in [4.78, 5) is 40.2. The van der Waals surface area contributed by atoms with E-state index in [0.717, 1.165) is 5.56 Å². The largest absolute Gasteiger partial charge is 0.356 e. The molecule has 2 heterocycles. The molecule has 9 heteroatoms. The smallest absolute Gasteiger partial charge is 0.340 e. The van der Waals surface area contributed by atoms with Crippen LogP contribution < -0.4 is 16.3 Å². The molecule has 0 saturated carbocycles. The Kier molecular flexibility index (Phi) is 6.02. The van der Waals surface area contributed by atoms with Crippen molar-refractivity contribution in [1.82, 2.24) is 30.7 Å². The summed E-state index contributed by atoms with van der Waals surface area (Å²) in [6.07, 6.45) is 0.503. The molecule has 1 atom stereocenters. The van der Waals surface area contributed by atoms with Crippen LogP contribution in [0.4, 0.5) is 0 Å². The van der Waals surface area contributed by atoms with Crippen LogP contribution in [0.25, 0.3) is 0 Å². The maximum Gasteiger partial charge on any atom is 0.340 e. The van der Waals surface area contributed by atoms with Crippen LogP contribution in [0.1, 0.15) is 23.4 Å². The van der Waals surface area contributed by atoms with E-state index in [4.69, 9.17) is 0 Å². The molecule has 0 unspecified atom stereocenters. The second kappa shape index (κ2) is 8.63. The zero-order chi connectivity index (χ0) is 19.2. The van der Waals surface area contributed by atoms with Gasteiger partial charge in [-0.15, -0.1) is 0 Å². The van der Waals surface area contributed by atoms with Gasteiger partial charge in [-0.2, -0.15) is 5.10 Å². The molecular formula is C18H24N6O3. The molecule has 9 nitrogen and oxygen atoms in total. The summed E-state index contributed by atoms with van der Waals surface area (Å²) >= 11 is 0. The van der Waals surface area contributed by atoms with Gasteiger partial charge in [0.15, 0.2) is 0 Å². The summed E-state index contributed by atoms with van der Waals surface area (Å²) < 4.78 is 0. The van der Waals surface area contributed by atoms with Gasteiger partial charge in [0.25, 0.3) is 0 Å². The molecule has 3 rings (SSSR count). The van der Waals surface area contributed by atoms with Gasteiger partial charge in [-0.1, -0.05) is 24.3 Å². The monoisotopic (exact) mass is 372 g/mol. The van der Waals surface area contributed by atoms with Crippen LogP contribution in [0, 0.1) is 6.92 Å². The molecule has 2 aromatic rings. The molecule has 144 valence electrons. The van der Waals surface area contributed by atoms with E-state index < -0.39 is 6.04 Å². The molecule has 1 aliphatic rings. The van der Waals surface area contributed by atoms with Gasteiger partial charge in [-0.05, 0) is 18.1 Å². The number of aryl methyl sites for hydroxylation is 1. The van der Waals surface area contributed by atoms with Gasteiger partial charge in [0.1, 0.15) is 5.82 Å². The Morgan fingerprint density at radius 1 is 1.33 bits per heavy atom. The Bertz CT molecular complexity index is 859. The van der Waals surface area contributed by atoms with Crippen molar-refractivity contribution in [2.75, 3.05) is 19.6 Å². The Morgan fingerprint density at radius 3 is 2.89 bits per heavy atom. The number of aromatic amines is 2. The summed E-state index contributed by atoms with van der Waals surface area (Å²) in [6.45, 7) is 4.29. The second-order valence-corrected chi connectivity index (χ2v) is 6.63. The molecule has 0 bridgehead atoms. The Balaban J connectivity index is 1.56. The molecule has 0 radical (unpaired) electrons. The zero-order valence-corrected chi connectivity index (χ0v) is 15.2. The van der Waals surface area contributed by atoms with Gasteiger partial charge in [-0.3, -0.25) is 19.5 Å². The molecular weight excluding hydrogens is 348 g/mol. The number of hydrogen-bond donors (Lipinski definition) is 4. The Morgan fingerprint density at radius 2 is 2.15 bits per heavy atom. The van der Waals surface area contributed by atoms with E-state index in [9.17, 15) is 14.4 Å². The van der Waals surface area contributed by atoms with E-state index in [0.29, 0.717) is 38.4 Å². The van der Waals surface area contributed by atoms with Crippen LogP contribution in [0.2, 0.25) is 0 Å². The fraction of sp³-hybridized carbons (Fsp3) is 0.444. The predicted octanol–water partition coefficient (Wildman–Crippen LogP) is -0.544. The lowest BCUT2D eigenvalue weighted by Crippen LogP contribution is -2.56. The van der Waals surface area contributed by atoms with Crippen molar-refractivity contribution < 1.29 is 9.59 Å². The fourth-order valence-corrected chi connectivity index (χ4v) is 3.17. The Labute approximate surface area is 156 Å². The predicted molar refractivity (Wildman–Crippen MR) is 98.9 cm³/mol. The van der Waals surface area contributed by atoms with Crippen LogP contribution in [0.5, 0.6) is 0 Å². The van der Waals surface area contributed by atoms with Gasteiger partial charge in [0, 0.05) is 32.6 Å². The van der Waals surface area contributed by atoms with Gasteiger partial charge < -0.3 is 10.6 Å².